The number of carbonyl (C=O) groups is 1. The topological polar surface area (TPSA) is 99.5 Å². The molecule has 0 bridgehead atoms. The number of piperazine rings is 1. The van der Waals surface area contributed by atoms with E-state index < -0.39 is 0 Å². The summed E-state index contributed by atoms with van der Waals surface area (Å²) in [5.74, 6) is 0.402. The second-order valence-corrected chi connectivity index (χ2v) is 12.0. The van der Waals surface area contributed by atoms with Gasteiger partial charge in [-0.15, -0.1) is 0 Å². The highest BCUT2D eigenvalue weighted by molar-refractivity contribution is 6.33. The summed E-state index contributed by atoms with van der Waals surface area (Å²) in [6.07, 6.45) is 6.50. The lowest BCUT2D eigenvalue weighted by Crippen LogP contribution is -2.44. The lowest BCUT2D eigenvalue weighted by Gasteiger charge is -2.35. The zero-order chi connectivity index (χ0) is 30.2. The molecule has 0 aliphatic carbocycles. The molecular formula is C32H37ClN8O2. The number of rotatable bonds is 5. The van der Waals surface area contributed by atoms with Crippen LogP contribution in [0.2, 0.25) is 5.02 Å². The van der Waals surface area contributed by atoms with E-state index in [1.54, 1.807) is 41.0 Å². The molecule has 2 fully saturated rings. The van der Waals surface area contributed by atoms with Gasteiger partial charge in [0, 0.05) is 87.1 Å². The minimum atomic E-state index is -0.236. The Bertz CT molecular complexity index is 1750. The van der Waals surface area contributed by atoms with Crippen molar-refractivity contribution in [3.63, 3.8) is 0 Å². The molecule has 0 radical (unpaired) electrons. The predicted molar refractivity (Wildman–Crippen MR) is 171 cm³/mol. The van der Waals surface area contributed by atoms with Gasteiger partial charge in [-0.25, -0.2) is 4.98 Å². The van der Waals surface area contributed by atoms with Crippen LogP contribution in [0.4, 0.5) is 17.3 Å². The molecule has 2 saturated heterocycles. The van der Waals surface area contributed by atoms with Gasteiger partial charge in [-0.05, 0) is 69.1 Å². The molecule has 6 rings (SSSR count). The molecule has 1 N–H and O–H groups in total. The number of carbonyl (C=O) groups excluding carboxylic acids is 1. The number of pyridine rings is 2. The van der Waals surface area contributed by atoms with Crippen molar-refractivity contribution in [1.82, 2.24) is 29.3 Å². The zero-order valence-electron chi connectivity index (χ0n) is 25.1. The lowest BCUT2D eigenvalue weighted by atomic mass is 9.98. The first-order valence-electron chi connectivity index (χ1n) is 14.8. The molecule has 10 nitrogen and oxygen atoms in total. The van der Waals surface area contributed by atoms with Gasteiger partial charge < -0.3 is 20.0 Å². The number of amides is 1. The number of likely N-dealkylation sites (tertiary alicyclic amines) is 1. The molecule has 43 heavy (non-hydrogen) atoms. The number of anilines is 3. The third-order valence-electron chi connectivity index (χ3n) is 8.75. The number of halogens is 1. The number of likely N-dealkylation sites (N-methyl/N-ethyl adjacent to an activating group) is 1. The molecule has 2 aliphatic heterocycles. The largest absolute Gasteiger partial charge is 0.369 e. The number of fused-ring (bicyclic) bond motifs is 1. The van der Waals surface area contributed by atoms with Crippen LogP contribution >= 0.6 is 11.6 Å². The smallest absolute Gasteiger partial charge is 0.260 e. The van der Waals surface area contributed by atoms with Crippen LogP contribution < -0.4 is 15.8 Å². The van der Waals surface area contributed by atoms with Gasteiger partial charge >= 0.3 is 0 Å². The average molecular weight is 601 g/mol. The highest BCUT2D eigenvalue weighted by Gasteiger charge is 2.28. The third kappa shape index (κ3) is 5.69. The SMILES string of the molecule is CC(=O)N1CCCC(n2c(=O)c(-c3ccncc3Cl)c(C)c3cnc(Nc4ccc(N5CCN(C)CC5)c(C)c4)nc32)C1. The van der Waals surface area contributed by atoms with E-state index in [1.165, 1.54) is 11.3 Å². The summed E-state index contributed by atoms with van der Waals surface area (Å²) in [5.41, 5.74) is 5.50. The Balaban J connectivity index is 1.42. The number of piperidine rings is 1. The van der Waals surface area contributed by atoms with Crippen LogP contribution in [0, 0.1) is 13.8 Å². The number of hydrogen-bond donors (Lipinski definition) is 1. The van der Waals surface area contributed by atoms with Crippen molar-refractivity contribution in [1.29, 1.82) is 0 Å². The van der Waals surface area contributed by atoms with E-state index in [9.17, 15) is 9.59 Å². The summed E-state index contributed by atoms with van der Waals surface area (Å²) in [7, 11) is 2.16. The highest BCUT2D eigenvalue weighted by atomic mass is 35.5. The summed E-state index contributed by atoms with van der Waals surface area (Å²) in [6.45, 7) is 10.8. The zero-order valence-corrected chi connectivity index (χ0v) is 25.9. The Morgan fingerprint density at radius 1 is 1.07 bits per heavy atom. The van der Waals surface area contributed by atoms with Crippen LogP contribution in [0.5, 0.6) is 0 Å². The quantitative estimate of drug-likeness (QED) is 0.349. The third-order valence-corrected chi connectivity index (χ3v) is 9.06. The van der Waals surface area contributed by atoms with Crippen LogP contribution in [0.3, 0.4) is 0 Å². The van der Waals surface area contributed by atoms with Crippen LogP contribution in [0.25, 0.3) is 22.2 Å². The molecular weight excluding hydrogens is 564 g/mol. The van der Waals surface area contributed by atoms with E-state index in [0.29, 0.717) is 40.8 Å². The molecule has 1 amide bonds. The Morgan fingerprint density at radius 2 is 1.86 bits per heavy atom. The molecule has 0 spiro atoms. The van der Waals surface area contributed by atoms with Crippen molar-refractivity contribution in [2.24, 2.45) is 0 Å². The molecule has 1 aromatic carbocycles. The van der Waals surface area contributed by atoms with Crippen molar-refractivity contribution < 1.29 is 4.79 Å². The number of nitrogens with zero attached hydrogens (tertiary/aromatic N) is 7. The monoisotopic (exact) mass is 600 g/mol. The van der Waals surface area contributed by atoms with Gasteiger partial charge in [0.15, 0.2) is 0 Å². The van der Waals surface area contributed by atoms with Crippen LogP contribution in [-0.4, -0.2) is 81.5 Å². The Morgan fingerprint density at radius 3 is 2.58 bits per heavy atom. The number of benzene rings is 1. The van der Waals surface area contributed by atoms with Gasteiger partial charge in [0.25, 0.3) is 5.56 Å². The molecule has 1 unspecified atom stereocenters. The van der Waals surface area contributed by atoms with Crippen molar-refractivity contribution >= 4 is 45.9 Å². The molecule has 2 aliphatic rings. The molecule has 0 saturated carbocycles. The van der Waals surface area contributed by atoms with Gasteiger partial charge in [-0.1, -0.05) is 11.6 Å². The van der Waals surface area contributed by atoms with Gasteiger partial charge in [0.05, 0.1) is 16.6 Å². The summed E-state index contributed by atoms with van der Waals surface area (Å²) >= 11 is 6.54. The first-order valence-corrected chi connectivity index (χ1v) is 15.2. The Labute approximate surface area is 256 Å². The van der Waals surface area contributed by atoms with Crippen LogP contribution in [0.15, 0.2) is 47.7 Å². The van der Waals surface area contributed by atoms with Gasteiger partial charge in [-0.3, -0.25) is 19.1 Å². The van der Waals surface area contributed by atoms with Crippen molar-refractivity contribution in [2.75, 3.05) is 56.5 Å². The van der Waals surface area contributed by atoms with E-state index in [1.807, 2.05) is 13.0 Å². The summed E-state index contributed by atoms with van der Waals surface area (Å²) < 4.78 is 1.75. The van der Waals surface area contributed by atoms with Crippen LogP contribution in [-0.2, 0) is 4.79 Å². The summed E-state index contributed by atoms with van der Waals surface area (Å²) in [6, 6.07) is 7.83. The average Bonchev–Trinajstić information content (AvgIpc) is 2.99. The summed E-state index contributed by atoms with van der Waals surface area (Å²) in [4.78, 5) is 46.9. The second kappa shape index (κ2) is 11.9. The van der Waals surface area contributed by atoms with Gasteiger partial charge in [0.2, 0.25) is 11.9 Å². The maximum Gasteiger partial charge on any atom is 0.260 e. The van der Waals surface area contributed by atoms with Crippen molar-refractivity contribution in [3.05, 3.63) is 69.4 Å². The molecule has 1 atom stereocenters. The first kappa shape index (κ1) is 29.1. The molecule has 4 aromatic rings. The minimum Gasteiger partial charge on any atom is -0.369 e. The maximum atomic E-state index is 14.3. The molecule has 5 heterocycles. The fraction of sp³-hybridized carbons (Fsp3) is 0.406. The van der Waals surface area contributed by atoms with E-state index in [2.05, 4.69) is 51.2 Å². The predicted octanol–water partition coefficient (Wildman–Crippen LogP) is 4.80. The minimum absolute atomic E-state index is 0.000982. The van der Waals surface area contributed by atoms with Crippen LogP contribution in [0.1, 0.15) is 36.9 Å². The van der Waals surface area contributed by atoms with Gasteiger partial charge in [-0.2, -0.15) is 4.98 Å². The number of hydrogen-bond acceptors (Lipinski definition) is 8. The van der Waals surface area contributed by atoms with Crippen molar-refractivity contribution in [2.45, 2.75) is 39.7 Å². The fourth-order valence-electron chi connectivity index (χ4n) is 6.34. The first-order chi connectivity index (χ1) is 20.7. The fourth-order valence-corrected chi connectivity index (χ4v) is 6.56. The molecule has 224 valence electrons. The second-order valence-electron chi connectivity index (χ2n) is 11.6. The lowest BCUT2D eigenvalue weighted by molar-refractivity contribution is -0.130. The Kier molecular flexibility index (Phi) is 8.07. The van der Waals surface area contributed by atoms with E-state index >= 15 is 0 Å². The molecule has 3 aromatic heterocycles. The normalized spacial score (nSPS) is 17.8. The van der Waals surface area contributed by atoms with E-state index in [4.69, 9.17) is 16.6 Å². The number of aromatic nitrogens is 4. The van der Waals surface area contributed by atoms with Gasteiger partial charge in [0.1, 0.15) is 5.65 Å². The van der Waals surface area contributed by atoms with E-state index in [-0.39, 0.29) is 17.5 Å². The Hall–Kier alpha value is -4.02. The highest BCUT2D eigenvalue weighted by Crippen LogP contribution is 2.33. The standard InChI is InChI=1S/C32H37ClN8O2/c1-20-16-23(7-8-28(20)39-14-12-38(4)13-15-39)36-32-35-17-26-21(2)29(25-9-10-34-18-27(25)33)31(43)41(30(26)37-32)24-6-5-11-40(19-24)22(3)42/h7-10,16-18,24H,5-6,11-15,19H2,1-4H3,(H,35,36,37). The maximum absolute atomic E-state index is 14.3. The molecule has 11 heteroatoms. The summed E-state index contributed by atoms with van der Waals surface area (Å²) in [5, 5.41) is 4.53. The van der Waals surface area contributed by atoms with E-state index in [0.717, 1.165) is 55.7 Å². The number of nitrogens with one attached hydrogen (secondary N) is 1. The van der Waals surface area contributed by atoms with Crippen molar-refractivity contribution in [3.8, 4) is 11.1 Å². The number of aryl methyl sites for hydroxylation is 2.